The summed E-state index contributed by atoms with van der Waals surface area (Å²) in [5.41, 5.74) is 4.79. The van der Waals surface area contributed by atoms with Crippen LogP contribution in [-0.4, -0.2) is 30.6 Å². The number of hydrogen-bond acceptors (Lipinski definition) is 5. The van der Waals surface area contributed by atoms with Crippen LogP contribution in [0.4, 0.5) is 4.79 Å². The number of carbonyl (C=O) groups is 1. The van der Waals surface area contributed by atoms with Crippen LogP contribution in [0.3, 0.4) is 0 Å². The Morgan fingerprint density at radius 3 is 2.73 bits per heavy atom. The minimum absolute atomic E-state index is 0.0885. The molecule has 1 amide bonds. The zero-order chi connectivity index (χ0) is 16.3. The number of benzene rings is 1. The van der Waals surface area contributed by atoms with E-state index in [-0.39, 0.29) is 22.5 Å². The number of primary amides is 1. The van der Waals surface area contributed by atoms with Crippen molar-refractivity contribution in [3.8, 4) is 0 Å². The summed E-state index contributed by atoms with van der Waals surface area (Å²) in [5, 5.41) is 0. The minimum atomic E-state index is -3.90. The number of nitrogens with two attached hydrogens (primary N) is 1. The van der Waals surface area contributed by atoms with Crippen molar-refractivity contribution in [3.05, 3.63) is 28.7 Å². The average molecular weight is 327 g/mol. The number of hydrogen-bond donors (Lipinski definition) is 2. The van der Waals surface area contributed by atoms with Crippen LogP contribution in [-0.2, 0) is 14.3 Å². The van der Waals surface area contributed by atoms with E-state index in [1.54, 1.807) is 0 Å². The van der Waals surface area contributed by atoms with E-state index in [1.165, 1.54) is 18.2 Å². The van der Waals surface area contributed by atoms with E-state index < -0.39 is 21.8 Å². The fraction of sp³-hybridized carbons (Fsp3) is 0.385. The van der Waals surface area contributed by atoms with Crippen molar-refractivity contribution in [1.29, 1.82) is 0 Å². The maximum atomic E-state index is 12.1. The Balaban J connectivity index is 2.34. The molecule has 3 N–H and O–H groups in total. The minimum Gasteiger partial charge on any atom is -0.351 e. The molecule has 0 fully saturated rings. The van der Waals surface area contributed by atoms with E-state index in [1.807, 2.05) is 6.92 Å². The number of aromatic nitrogens is 2. The molecule has 120 valence electrons. The van der Waals surface area contributed by atoms with Crippen molar-refractivity contribution < 1.29 is 17.4 Å². The van der Waals surface area contributed by atoms with Gasteiger partial charge < -0.3 is 10.7 Å². The summed E-state index contributed by atoms with van der Waals surface area (Å²) in [6.07, 6.45) is 2.48. The second kappa shape index (κ2) is 6.32. The van der Waals surface area contributed by atoms with E-state index in [2.05, 4.69) is 4.98 Å². The highest BCUT2D eigenvalue weighted by molar-refractivity contribution is 7.86. The molecule has 1 heterocycles. The van der Waals surface area contributed by atoms with Crippen LogP contribution in [0.1, 0.15) is 26.2 Å². The summed E-state index contributed by atoms with van der Waals surface area (Å²) < 4.78 is 29.8. The average Bonchev–Trinajstić information content (AvgIpc) is 2.78. The van der Waals surface area contributed by atoms with Crippen molar-refractivity contribution in [2.24, 2.45) is 5.73 Å². The number of nitrogens with zero attached hydrogens (tertiary/aromatic N) is 1. The van der Waals surface area contributed by atoms with E-state index in [0.29, 0.717) is 6.42 Å². The van der Waals surface area contributed by atoms with Gasteiger partial charge in [-0.25, -0.2) is 14.2 Å². The molecular weight excluding hydrogens is 310 g/mol. The van der Waals surface area contributed by atoms with Crippen LogP contribution in [0.25, 0.3) is 11.0 Å². The van der Waals surface area contributed by atoms with E-state index in [0.717, 1.165) is 17.4 Å². The predicted molar refractivity (Wildman–Crippen MR) is 80.2 cm³/mol. The number of carbonyl (C=O) groups excluding carboxylic acids is 1. The quantitative estimate of drug-likeness (QED) is 0.608. The summed E-state index contributed by atoms with van der Waals surface area (Å²) in [6.45, 7) is 2.11. The van der Waals surface area contributed by atoms with Crippen LogP contribution in [0, 0.1) is 0 Å². The van der Waals surface area contributed by atoms with Gasteiger partial charge >= 0.3 is 11.7 Å². The van der Waals surface area contributed by atoms with Gasteiger partial charge in [0, 0.05) is 0 Å². The number of rotatable bonds is 6. The molecule has 0 unspecified atom stereocenters. The lowest BCUT2D eigenvalue weighted by molar-refractivity contribution is 0.250. The van der Waals surface area contributed by atoms with Crippen LogP contribution >= 0.6 is 0 Å². The van der Waals surface area contributed by atoms with Crippen molar-refractivity contribution in [3.63, 3.8) is 0 Å². The Bertz CT molecular complexity index is 850. The van der Waals surface area contributed by atoms with E-state index in [4.69, 9.17) is 9.92 Å². The number of nitrogens with one attached hydrogen (secondary N) is 1. The largest absolute Gasteiger partial charge is 0.351 e. The maximum absolute atomic E-state index is 12.1. The summed E-state index contributed by atoms with van der Waals surface area (Å²) in [7, 11) is -3.90. The highest BCUT2D eigenvalue weighted by Gasteiger charge is 2.18. The van der Waals surface area contributed by atoms with E-state index >= 15 is 0 Å². The van der Waals surface area contributed by atoms with Gasteiger partial charge in [-0.15, -0.1) is 0 Å². The van der Waals surface area contributed by atoms with Crippen LogP contribution in [0.5, 0.6) is 0 Å². The van der Waals surface area contributed by atoms with Gasteiger partial charge in [0.25, 0.3) is 10.1 Å². The molecule has 0 saturated heterocycles. The molecule has 0 aliphatic carbocycles. The van der Waals surface area contributed by atoms with Crippen LogP contribution in [0.15, 0.2) is 27.9 Å². The molecule has 0 aliphatic rings. The second-order valence-electron chi connectivity index (χ2n) is 4.77. The highest BCUT2D eigenvalue weighted by atomic mass is 32.2. The lowest BCUT2D eigenvalue weighted by Crippen LogP contribution is -2.29. The summed E-state index contributed by atoms with van der Waals surface area (Å²) in [6, 6.07) is 2.90. The Morgan fingerprint density at radius 1 is 1.36 bits per heavy atom. The third kappa shape index (κ3) is 3.20. The summed E-state index contributed by atoms with van der Waals surface area (Å²) in [5.74, 6) is 0. The zero-order valence-electron chi connectivity index (χ0n) is 12.0. The first-order valence-electron chi connectivity index (χ1n) is 6.81. The molecule has 22 heavy (non-hydrogen) atoms. The fourth-order valence-corrected chi connectivity index (χ4v) is 3.02. The van der Waals surface area contributed by atoms with Gasteiger partial charge in [-0.3, -0.25) is 4.18 Å². The smallest absolute Gasteiger partial charge is 0.334 e. The summed E-state index contributed by atoms with van der Waals surface area (Å²) in [4.78, 5) is 25.1. The molecular formula is C13H17N3O5S. The van der Waals surface area contributed by atoms with Crippen molar-refractivity contribution in [2.45, 2.75) is 31.1 Å². The van der Waals surface area contributed by atoms with Gasteiger partial charge in [0.2, 0.25) is 0 Å². The third-order valence-corrected chi connectivity index (χ3v) is 4.46. The molecule has 1 aromatic carbocycles. The molecule has 0 aliphatic heterocycles. The Hall–Kier alpha value is -2.13. The van der Waals surface area contributed by atoms with Crippen molar-refractivity contribution >= 4 is 27.2 Å². The van der Waals surface area contributed by atoms with Crippen molar-refractivity contribution in [1.82, 2.24) is 9.55 Å². The maximum Gasteiger partial charge on any atom is 0.334 e. The first-order chi connectivity index (χ1) is 10.4. The molecule has 0 saturated carbocycles. The lowest BCUT2D eigenvalue weighted by atomic mass is 10.3. The molecule has 0 spiro atoms. The lowest BCUT2D eigenvalue weighted by Gasteiger charge is -2.05. The van der Waals surface area contributed by atoms with Crippen LogP contribution < -0.4 is 11.4 Å². The zero-order valence-corrected chi connectivity index (χ0v) is 12.9. The number of amides is 1. The molecule has 2 rings (SSSR count). The first kappa shape index (κ1) is 16.2. The molecule has 2 aromatic rings. The second-order valence-corrected chi connectivity index (χ2v) is 6.38. The van der Waals surface area contributed by atoms with Crippen molar-refractivity contribution in [2.75, 3.05) is 6.61 Å². The van der Waals surface area contributed by atoms with Gasteiger partial charge in [0.1, 0.15) is 0 Å². The van der Waals surface area contributed by atoms with Gasteiger partial charge in [-0.1, -0.05) is 19.8 Å². The van der Waals surface area contributed by atoms with Crippen LogP contribution in [0.2, 0.25) is 0 Å². The number of aromatic amines is 1. The monoisotopic (exact) mass is 327 g/mol. The fourth-order valence-electron chi connectivity index (χ4n) is 2.05. The Kier molecular flexibility index (Phi) is 4.67. The van der Waals surface area contributed by atoms with Gasteiger partial charge in [-0.2, -0.15) is 8.42 Å². The topological polar surface area (TPSA) is 124 Å². The molecule has 8 nitrogen and oxygen atoms in total. The SMILES string of the molecule is CCCCCOS(=O)(=O)c1ccc2c(c1)[nH]c(=O)n2C(N)=O. The van der Waals surface area contributed by atoms with Gasteiger partial charge in [0.05, 0.1) is 22.5 Å². The van der Waals surface area contributed by atoms with Gasteiger partial charge in [0.15, 0.2) is 0 Å². The third-order valence-electron chi connectivity index (χ3n) is 3.15. The number of H-pyrrole nitrogens is 1. The Labute approximate surface area is 127 Å². The molecule has 9 heteroatoms. The molecule has 0 radical (unpaired) electrons. The Morgan fingerprint density at radius 2 is 2.09 bits per heavy atom. The molecule has 1 aromatic heterocycles. The predicted octanol–water partition coefficient (Wildman–Crippen LogP) is 1.15. The molecule has 0 bridgehead atoms. The highest BCUT2D eigenvalue weighted by Crippen LogP contribution is 2.18. The summed E-state index contributed by atoms with van der Waals surface area (Å²) >= 11 is 0. The molecule has 0 atom stereocenters. The first-order valence-corrected chi connectivity index (χ1v) is 8.21. The standard InChI is InChI=1S/C13H17N3O5S/c1-2-3-4-7-21-22(19,20)9-5-6-11-10(8-9)15-13(18)16(11)12(14)17/h5-6,8H,2-4,7H2,1H3,(H2,14,17)(H,15,18). The number of unbranched alkanes of at least 4 members (excludes halogenated alkanes) is 2. The number of fused-ring (bicyclic) bond motifs is 1. The number of imidazole rings is 1. The van der Waals surface area contributed by atoms with E-state index in [9.17, 15) is 18.0 Å². The van der Waals surface area contributed by atoms with Gasteiger partial charge in [-0.05, 0) is 24.6 Å². The normalized spacial score (nSPS) is 11.9.